The van der Waals surface area contributed by atoms with Crippen molar-refractivity contribution in [1.82, 2.24) is 9.88 Å². The molecule has 0 saturated carbocycles. The summed E-state index contributed by atoms with van der Waals surface area (Å²) in [6.45, 7) is 3.30. The van der Waals surface area contributed by atoms with Gasteiger partial charge in [-0.2, -0.15) is 0 Å². The maximum Gasteiger partial charge on any atom is 0.160 e. The largest absolute Gasteiger partial charge is 0.377 e. The molecule has 2 aromatic rings. The normalized spacial score (nSPS) is 25.0. The third kappa shape index (κ3) is 3.06. The van der Waals surface area contributed by atoms with E-state index in [2.05, 4.69) is 76.0 Å². The van der Waals surface area contributed by atoms with E-state index < -0.39 is 0 Å². The molecular formula is C19H21BrN4S. The topological polar surface area (TPSA) is 31.7 Å². The Labute approximate surface area is 161 Å². The van der Waals surface area contributed by atoms with Crippen LogP contribution in [-0.4, -0.2) is 40.9 Å². The first-order chi connectivity index (χ1) is 12.0. The summed E-state index contributed by atoms with van der Waals surface area (Å²) in [5.41, 5.74) is 3.50. The van der Waals surface area contributed by atoms with Crippen LogP contribution < -0.4 is 4.90 Å². The van der Waals surface area contributed by atoms with Gasteiger partial charge in [-0.25, -0.2) is 0 Å². The summed E-state index contributed by atoms with van der Waals surface area (Å²) in [6.07, 6.45) is 1.86. The number of hydrogen-bond acceptors (Lipinski definition) is 5. The average Bonchev–Trinajstić information content (AvgIpc) is 3.11. The lowest BCUT2D eigenvalue weighted by Crippen LogP contribution is -2.28. The number of aliphatic imine (C=N–C) groups is 1. The zero-order chi connectivity index (χ0) is 17.6. The zero-order valence-corrected chi connectivity index (χ0v) is 17.0. The second-order valence-electron chi connectivity index (χ2n) is 6.74. The maximum atomic E-state index is 5.03. The highest BCUT2D eigenvalue weighted by molar-refractivity contribution is 9.10. The molecule has 3 atom stereocenters. The number of rotatable bonds is 3. The van der Waals surface area contributed by atoms with Gasteiger partial charge in [0.05, 0.1) is 17.4 Å². The van der Waals surface area contributed by atoms with Gasteiger partial charge in [-0.15, -0.1) is 0 Å². The third-order valence-electron chi connectivity index (χ3n) is 4.68. The van der Waals surface area contributed by atoms with Crippen LogP contribution in [-0.2, 0) is 0 Å². The molecule has 4 nitrogen and oxygen atoms in total. The van der Waals surface area contributed by atoms with E-state index in [1.165, 1.54) is 11.3 Å². The maximum absolute atomic E-state index is 5.03. The van der Waals surface area contributed by atoms with Crippen molar-refractivity contribution >= 4 is 38.5 Å². The van der Waals surface area contributed by atoms with E-state index in [-0.39, 0.29) is 12.1 Å². The lowest BCUT2D eigenvalue weighted by Gasteiger charge is -2.28. The number of nitrogens with zero attached hydrogens (tertiary/aromatic N) is 4. The number of fused-ring (bicyclic) bond motifs is 1. The monoisotopic (exact) mass is 416 g/mol. The number of hydrogen-bond donors (Lipinski definition) is 0. The van der Waals surface area contributed by atoms with Gasteiger partial charge in [0, 0.05) is 36.6 Å². The fourth-order valence-electron chi connectivity index (χ4n) is 3.55. The molecule has 0 spiro atoms. The van der Waals surface area contributed by atoms with Crippen LogP contribution in [0.2, 0.25) is 0 Å². The molecule has 1 aromatic heterocycles. The number of benzene rings is 1. The van der Waals surface area contributed by atoms with Crippen molar-refractivity contribution in [2.24, 2.45) is 4.99 Å². The Morgan fingerprint density at radius 3 is 2.76 bits per heavy atom. The first-order valence-corrected chi connectivity index (χ1v) is 10.1. The first kappa shape index (κ1) is 16.9. The van der Waals surface area contributed by atoms with E-state index >= 15 is 0 Å². The van der Waals surface area contributed by atoms with Gasteiger partial charge in [-0.1, -0.05) is 30.8 Å². The average molecular weight is 417 g/mol. The van der Waals surface area contributed by atoms with E-state index in [4.69, 9.17) is 4.99 Å². The van der Waals surface area contributed by atoms with Crippen LogP contribution in [0.3, 0.4) is 0 Å². The SMILES string of the molecule is C[C@H]1CN2C(=N[C@@H](c3ccccn3)[C@@H]2c2ccc(N(C)C)c(Br)c2)S1. The minimum atomic E-state index is 0.0494. The summed E-state index contributed by atoms with van der Waals surface area (Å²) >= 11 is 5.61. The van der Waals surface area contributed by atoms with Crippen molar-refractivity contribution < 1.29 is 0 Å². The second kappa shape index (κ2) is 6.65. The number of pyridine rings is 1. The van der Waals surface area contributed by atoms with Crippen molar-refractivity contribution in [3.63, 3.8) is 0 Å². The van der Waals surface area contributed by atoms with Crippen molar-refractivity contribution in [2.75, 3.05) is 25.5 Å². The van der Waals surface area contributed by atoms with Gasteiger partial charge < -0.3 is 9.80 Å². The Balaban J connectivity index is 1.76. The predicted octanol–water partition coefficient (Wildman–Crippen LogP) is 4.50. The minimum Gasteiger partial charge on any atom is -0.377 e. The summed E-state index contributed by atoms with van der Waals surface area (Å²) in [6, 6.07) is 13.0. The van der Waals surface area contributed by atoms with Crippen molar-refractivity contribution in [2.45, 2.75) is 24.3 Å². The lowest BCUT2D eigenvalue weighted by molar-refractivity contribution is 0.321. The van der Waals surface area contributed by atoms with Gasteiger partial charge in [0.25, 0.3) is 0 Å². The fraction of sp³-hybridized carbons (Fsp3) is 0.368. The Bertz CT molecular complexity index is 808. The lowest BCUT2D eigenvalue weighted by atomic mass is 9.96. The zero-order valence-electron chi connectivity index (χ0n) is 14.6. The Morgan fingerprint density at radius 2 is 2.08 bits per heavy atom. The molecule has 25 heavy (non-hydrogen) atoms. The molecule has 0 aliphatic carbocycles. The quantitative estimate of drug-likeness (QED) is 0.736. The smallest absolute Gasteiger partial charge is 0.160 e. The number of thioether (sulfide) groups is 1. The standard InChI is InChI=1S/C19H21BrN4S/c1-12-11-24-18(13-7-8-16(23(2)3)14(20)10-13)17(22-19(24)25-12)15-6-4-5-9-21-15/h4-10,12,17-18H,11H2,1-3H3/t12-,17-,18-/m0/s1. The van der Waals surface area contributed by atoms with Gasteiger partial charge in [0.15, 0.2) is 5.17 Å². The first-order valence-electron chi connectivity index (χ1n) is 8.43. The molecular weight excluding hydrogens is 396 g/mol. The summed E-state index contributed by atoms with van der Waals surface area (Å²) in [7, 11) is 4.12. The molecule has 0 unspecified atom stereocenters. The van der Waals surface area contributed by atoms with Gasteiger partial charge in [-0.05, 0) is 45.8 Å². The number of halogens is 1. The van der Waals surface area contributed by atoms with Gasteiger partial charge >= 0.3 is 0 Å². The van der Waals surface area contributed by atoms with Crippen molar-refractivity contribution in [3.05, 3.63) is 58.3 Å². The van der Waals surface area contributed by atoms with E-state index in [9.17, 15) is 0 Å². The molecule has 0 bridgehead atoms. The molecule has 3 heterocycles. The molecule has 6 heteroatoms. The highest BCUT2D eigenvalue weighted by Gasteiger charge is 2.43. The number of anilines is 1. The third-order valence-corrected chi connectivity index (χ3v) is 6.41. The Morgan fingerprint density at radius 1 is 1.24 bits per heavy atom. The van der Waals surface area contributed by atoms with Crippen LogP contribution in [0.4, 0.5) is 5.69 Å². The van der Waals surface area contributed by atoms with Crippen LogP contribution in [0.1, 0.15) is 30.3 Å². The molecule has 130 valence electrons. The summed E-state index contributed by atoms with van der Waals surface area (Å²) in [5.74, 6) is 0. The fourth-order valence-corrected chi connectivity index (χ4v) is 5.39. The van der Waals surface area contributed by atoms with Crippen LogP contribution in [0.25, 0.3) is 0 Å². The summed E-state index contributed by atoms with van der Waals surface area (Å²) in [5, 5.41) is 1.73. The number of aromatic nitrogens is 1. The molecule has 4 rings (SSSR count). The van der Waals surface area contributed by atoms with Crippen molar-refractivity contribution in [1.29, 1.82) is 0 Å². The minimum absolute atomic E-state index is 0.0494. The molecule has 1 aromatic carbocycles. The molecule has 2 aliphatic heterocycles. The summed E-state index contributed by atoms with van der Waals surface area (Å²) < 4.78 is 1.11. The van der Waals surface area contributed by atoms with E-state index in [0.29, 0.717) is 5.25 Å². The molecule has 0 N–H and O–H groups in total. The molecule has 0 amide bonds. The summed E-state index contributed by atoms with van der Waals surface area (Å²) in [4.78, 5) is 14.2. The van der Waals surface area contributed by atoms with Crippen LogP contribution in [0.15, 0.2) is 52.1 Å². The Kier molecular flexibility index (Phi) is 4.50. The Hall–Kier alpha value is -1.53. The molecule has 1 fully saturated rings. The number of amidine groups is 1. The van der Waals surface area contributed by atoms with E-state index in [1.807, 2.05) is 30.1 Å². The van der Waals surface area contributed by atoms with Crippen LogP contribution >= 0.6 is 27.7 Å². The van der Waals surface area contributed by atoms with Crippen molar-refractivity contribution in [3.8, 4) is 0 Å². The van der Waals surface area contributed by atoms with E-state index in [1.54, 1.807) is 0 Å². The molecule has 1 saturated heterocycles. The molecule has 0 radical (unpaired) electrons. The second-order valence-corrected chi connectivity index (χ2v) is 9.00. The van der Waals surface area contributed by atoms with Crippen LogP contribution in [0, 0.1) is 0 Å². The van der Waals surface area contributed by atoms with Gasteiger partial charge in [0.2, 0.25) is 0 Å². The van der Waals surface area contributed by atoms with Gasteiger partial charge in [0.1, 0.15) is 6.04 Å². The predicted molar refractivity (Wildman–Crippen MR) is 109 cm³/mol. The van der Waals surface area contributed by atoms with E-state index in [0.717, 1.165) is 21.9 Å². The molecule has 2 aliphatic rings. The highest BCUT2D eigenvalue weighted by Crippen LogP contribution is 2.48. The highest BCUT2D eigenvalue weighted by atomic mass is 79.9. The van der Waals surface area contributed by atoms with Crippen LogP contribution in [0.5, 0.6) is 0 Å². The van der Waals surface area contributed by atoms with Gasteiger partial charge in [-0.3, -0.25) is 9.98 Å².